The summed E-state index contributed by atoms with van der Waals surface area (Å²) in [5, 5.41) is 8.04. The fourth-order valence-electron chi connectivity index (χ4n) is 5.10. The second kappa shape index (κ2) is 9.85. The third-order valence-corrected chi connectivity index (χ3v) is 6.67. The monoisotopic (exact) mass is 460 g/mol. The number of hydrogen-bond acceptors (Lipinski definition) is 7. The molecule has 34 heavy (non-hydrogen) atoms. The van der Waals surface area contributed by atoms with Crippen molar-refractivity contribution in [3.8, 4) is 11.1 Å². The van der Waals surface area contributed by atoms with Gasteiger partial charge in [-0.05, 0) is 74.4 Å². The lowest BCUT2D eigenvalue weighted by Crippen LogP contribution is -2.25. The zero-order chi connectivity index (χ0) is 23.5. The zero-order valence-corrected chi connectivity index (χ0v) is 19.3. The summed E-state index contributed by atoms with van der Waals surface area (Å²) in [6.45, 7) is 3.55. The summed E-state index contributed by atoms with van der Waals surface area (Å²) in [5.74, 6) is 0.00546. The maximum absolute atomic E-state index is 14.2. The Hall–Kier alpha value is -3.39. The van der Waals surface area contributed by atoms with Crippen molar-refractivity contribution in [2.24, 2.45) is 5.16 Å². The van der Waals surface area contributed by atoms with Crippen molar-refractivity contribution in [2.45, 2.75) is 51.0 Å². The van der Waals surface area contributed by atoms with E-state index in [0.717, 1.165) is 52.3 Å². The number of rotatable bonds is 6. The van der Waals surface area contributed by atoms with Gasteiger partial charge in [0.15, 0.2) is 0 Å². The summed E-state index contributed by atoms with van der Waals surface area (Å²) < 4.78 is 14.2. The van der Waals surface area contributed by atoms with Crippen LogP contribution in [-0.4, -0.2) is 39.9 Å². The van der Waals surface area contributed by atoms with Crippen molar-refractivity contribution >= 4 is 11.7 Å². The molecule has 1 aliphatic heterocycles. The van der Waals surface area contributed by atoms with E-state index in [-0.39, 0.29) is 17.7 Å². The first-order chi connectivity index (χ1) is 16.6. The van der Waals surface area contributed by atoms with Crippen LogP contribution in [0.5, 0.6) is 0 Å². The maximum Gasteiger partial charge on any atom is 0.220 e. The Bertz CT molecular complexity index is 1190. The van der Waals surface area contributed by atoms with E-state index in [9.17, 15) is 4.39 Å². The highest BCUT2D eigenvalue weighted by molar-refractivity contribution is 6.03. The van der Waals surface area contributed by atoms with E-state index in [1.807, 2.05) is 25.1 Å². The summed E-state index contributed by atoms with van der Waals surface area (Å²) in [6, 6.07) is 9.24. The molecule has 1 unspecified atom stereocenters. The van der Waals surface area contributed by atoms with Gasteiger partial charge in [-0.25, -0.2) is 14.4 Å². The minimum absolute atomic E-state index is 0.0378. The number of pyridine rings is 1. The molecule has 0 spiro atoms. The van der Waals surface area contributed by atoms with E-state index in [4.69, 9.17) is 10.6 Å². The van der Waals surface area contributed by atoms with E-state index in [1.54, 1.807) is 18.5 Å². The van der Waals surface area contributed by atoms with Crippen molar-refractivity contribution in [3.63, 3.8) is 0 Å². The molecule has 0 saturated carbocycles. The number of nitrogen functional groups attached to an aromatic ring is 1. The Morgan fingerprint density at radius 3 is 2.94 bits per heavy atom. The Balaban J connectivity index is 1.47. The van der Waals surface area contributed by atoms with Crippen LogP contribution in [0.25, 0.3) is 11.1 Å². The summed E-state index contributed by atoms with van der Waals surface area (Å²) in [5.41, 5.74) is 12.1. The molecular formula is C26H29FN6O. The van der Waals surface area contributed by atoms with Crippen molar-refractivity contribution in [2.75, 3.05) is 18.9 Å². The molecule has 0 amide bonds. The molecule has 1 aromatic carbocycles. The second-order valence-corrected chi connectivity index (χ2v) is 9.02. The lowest BCUT2D eigenvalue weighted by Gasteiger charge is -2.28. The average Bonchev–Trinajstić information content (AvgIpc) is 3.35. The molecule has 1 saturated heterocycles. The Morgan fingerprint density at radius 1 is 1.24 bits per heavy atom. The summed E-state index contributed by atoms with van der Waals surface area (Å²) in [6.07, 6.45) is 8.09. The van der Waals surface area contributed by atoms with E-state index in [1.165, 1.54) is 18.9 Å². The average molecular weight is 461 g/mol. The highest BCUT2D eigenvalue weighted by Gasteiger charge is 2.30. The zero-order valence-electron chi connectivity index (χ0n) is 19.3. The minimum Gasteiger partial charge on any atom is -0.396 e. The number of oxime groups is 1. The fourth-order valence-corrected chi connectivity index (χ4v) is 5.10. The number of hydrogen-bond donors (Lipinski definition) is 2. The predicted molar refractivity (Wildman–Crippen MR) is 130 cm³/mol. The van der Waals surface area contributed by atoms with Crippen LogP contribution in [0.2, 0.25) is 0 Å². The van der Waals surface area contributed by atoms with Crippen LogP contribution in [0.1, 0.15) is 54.1 Å². The smallest absolute Gasteiger partial charge is 0.220 e. The summed E-state index contributed by atoms with van der Waals surface area (Å²) >= 11 is 0. The largest absolute Gasteiger partial charge is 0.396 e. The van der Waals surface area contributed by atoms with Gasteiger partial charge in [0, 0.05) is 36.0 Å². The van der Waals surface area contributed by atoms with Crippen molar-refractivity contribution < 1.29 is 9.23 Å². The number of halogens is 1. The van der Waals surface area contributed by atoms with Gasteiger partial charge in [0.1, 0.15) is 12.4 Å². The van der Waals surface area contributed by atoms with E-state index in [0.29, 0.717) is 25.5 Å². The molecule has 0 bridgehead atoms. The lowest BCUT2D eigenvalue weighted by molar-refractivity contribution is 0.134. The number of nitrogens with zero attached hydrogens (tertiary/aromatic N) is 4. The normalized spacial score (nSPS) is 20.9. The predicted octanol–water partition coefficient (Wildman–Crippen LogP) is 4.16. The van der Waals surface area contributed by atoms with Crippen LogP contribution in [-0.2, 0) is 11.3 Å². The highest BCUT2D eigenvalue weighted by atomic mass is 19.1. The molecule has 7 nitrogen and oxygen atoms in total. The molecule has 176 valence electrons. The number of anilines is 1. The molecule has 1 aliphatic carbocycles. The van der Waals surface area contributed by atoms with Gasteiger partial charge in [-0.15, -0.1) is 0 Å². The Morgan fingerprint density at radius 2 is 2.15 bits per heavy atom. The topological polar surface area (TPSA) is 98.3 Å². The quantitative estimate of drug-likeness (QED) is 0.423. The molecule has 1 fully saturated rings. The van der Waals surface area contributed by atoms with Gasteiger partial charge in [0.05, 0.1) is 17.1 Å². The van der Waals surface area contributed by atoms with Crippen LogP contribution in [0.4, 0.5) is 10.3 Å². The van der Waals surface area contributed by atoms with Gasteiger partial charge in [-0.3, -0.25) is 4.98 Å². The van der Waals surface area contributed by atoms with Crippen LogP contribution in [0.3, 0.4) is 0 Å². The molecule has 2 aromatic heterocycles. The van der Waals surface area contributed by atoms with Gasteiger partial charge >= 0.3 is 0 Å². The third-order valence-electron chi connectivity index (χ3n) is 6.67. The first-order valence-corrected chi connectivity index (χ1v) is 11.8. The number of aryl methyl sites for hydroxylation is 1. The van der Waals surface area contributed by atoms with Gasteiger partial charge < -0.3 is 15.9 Å². The highest BCUT2D eigenvalue weighted by Crippen LogP contribution is 2.38. The molecule has 0 radical (unpaired) electrons. The summed E-state index contributed by atoms with van der Waals surface area (Å²) in [4.78, 5) is 18.9. The van der Waals surface area contributed by atoms with Crippen molar-refractivity contribution in [1.29, 1.82) is 0 Å². The van der Waals surface area contributed by atoms with Gasteiger partial charge in [0.2, 0.25) is 5.95 Å². The van der Waals surface area contributed by atoms with Crippen LogP contribution >= 0.6 is 0 Å². The third kappa shape index (κ3) is 4.77. The van der Waals surface area contributed by atoms with Crippen molar-refractivity contribution in [3.05, 3.63) is 71.1 Å². The Kier molecular flexibility index (Phi) is 6.49. The van der Waals surface area contributed by atoms with Crippen LogP contribution in [0, 0.1) is 12.7 Å². The standard InChI is InChI=1S/C26H29FN6O/c1-16-25-23(32-26(28)31-16)12-18(13-24(25)33-34-11-8-20-5-3-10-30-20)21-7-6-19(27)14-22(21)17-4-2-9-29-15-17/h2,4,6-7,9,14-15,18,20,30H,3,5,8,10-13H2,1H3,(H2,28,31,32)/b33-24+/t18?,20-/m0/s1. The van der Waals surface area contributed by atoms with E-state index >= 15 is 0 Å². The molecule has 2 aliphatic rings. The molecule has 5 rings (SSSR count). The lowest BCUT2D eigenvalue weighted by atomic mass is 9.78. The molecular weight excluding hydrogens is 431 g/mol. The SMILES string of the molecule is Cc1nc(N)nc2c1/C(=N/OCC[C@@H]1CCCN1)CC(c1ccc(F)cc1-c1cccnc1)C2. The van der Waals surface area contributed by atoms with Gasteiger partial charge in [-0.2, -0.15) is 0 Å². The van der Waals surface area contributed by atoms with Gasteiger partial charge in [-0.1, -0.05) is 17.3 Å². The summed E-state index contributed by atoms with van der Waals surface area (Å²) in [7, 11) is 0. The minimum atomic E-state index is -0.279. The number of aromatic nitrogens is 3. The van der Waals surface area contributed by atoms with E-state index in [2.05, 4.69) is 25.4 Å². The maximum atomic E-state index is 14.2. The number of nitrogens with one attached hydrogen (secondary N) is 1. The molecule has 3 heterocycles. The second-order valence-electron chi connectivity index (χ2n) is 9.02. The molecule has 3 aromatic rings. The number of benzene rings is 1. The number of fused-ring (bicyclic) bond motifs is 1. The first kappa shape index (κ1) is 22.4. The number of nitrogens with two attached hydrogens (primary N) is 1. The van der Waals surface area contributed by atoms with Crippen molar-refractivity contribution in [1.82, 2.24) is 20.3 Å². The van der Waals surface area contributed by atoms with Gasteiger partial charge in [0.25, 0.3) is 0 Å². The molecule has 8 heteroatoms. The van der Waals surface area contributed by atoms with Crippen LogP contribution in [0.15, 0.2) is 47.9 Å². The van der Waals surface area contributed by atoms with E-state index < -0.39 is 0 Å². The Labute approximate surface area is 198 Å². The first-order valence-electron chi connectivity index (χ1n) is 11.8. The van der Waals surface area contributed by atoms with Crippen LogP contribution < -0.4 is 11.1 Å². The molecule has 2 atom stereocenters. The fraction of sp³-hybridized carbons (Fsp3) is 0.385. The molecule has 3 N–H and O–H groups in total.